The fraction of sp³-hybridized carbons (Fsp3) is 0.714. The third-order valence-corrected chi connectivity index (χ3v) is 2.92. The van der Waals surface area contributed by atoms with Gasteiger partial charge in [-0.25, -0.2) is 0 Å². The Labute approximate surface area is 105 Å². The molecule has 1 heterocycles. The molecule has 0 aliphatic carbocycles. The van der Waals surface area contributed by atoms with E-state index in [0.29, 0.717) is 0 Å². The lowest BCUT2D eigenvalue weighted by Gasteiger charge is -2.24. The molecule has 98 valence electrons. The lowest BCUT2D eigenvalue weighted by Crippen LogP contribution is -2.39. The average molecular weight is 238 g/mol. The van der Waals surface area contributed by atoms with Gasteiger partial charge >= 0.3 is 0 Å². The molecular weight excluding hydrogens is 212 g/mol. The summed E-state index contributed by atoms with van der Waals surface area (Å²) in [6.45, 7) is 12.3. The van der Waals surface area contributed by atoms with E-state index in [1.165, 1.54) is 0 Å². The molecule has 0 radical (unpaired) electrons. The Hall–Kier alpha value is -0.800. The van der Waals surface area contributed by atoms with E-state index in [1.54, 1.807) is 0 Å². The van der Waals surface area contributed by atoms with Crippen molar-refractivity contribution in [3.63, 3.8) is 0 Å². The predicted molar refractivity (Wildman–Crippen MR) is 72.2 cm³/mol. The van der Waals surface area contributed by atoms with Gasteiger partial charge in [-0.2, -0.15) is 0 Å². The topological polar surface area (TPSA) is 51.2 Å². The number of rotatable bonds is 6. The van der Waals surface area contributed by atoms with Gasteiger partial charge in [-0.1, -0.05) is 13.8 Å². The number of nitrogens with one attached hydrogen (secondary N) is 1. The molecule has 0 atom stereocenters. The van der Waals surface area contributed by atoms with Crippen LogP contribution in [-0.4, -0.2) is 18.6 Å². The molecule has 3 nitrogen and oxygen atoms in total. The Balaban J connectivity index is 2.40. The molecule has 0 fully saturated rings. The van der Waals surface area contributed by atoms with Crippen LogP contribution in [-0.2, 0) is 5.41 Å². The van der Waals surface area contributed by atoms with Gasteiger partial charge in [0.2, 0.25) is 0 Å². The summed E-state index contributed by atoms with van der Waals surface area (Å²) in [6.07, 6.45) is 0.972. The summed E-state index contributed by atoms with van der Waals surface area (Å²) in [5, 5.41) is 3.45. The van der Waals surface area contributed by atoms with Crippen LogP contribution in [0.15, 0.2) is 16.5 Å². The molecule has 17 heavy (non-hydrogen) atoms. The SMILES string of the molecule is Cc1ccc(C(C)(C)CNCCC(C)(C)N)o1. The Kier molecular flexibility index (Phi) is 4.39. The summed E-state index contributed by atoms with van der Waals surface area (Å²) >= 11 is 0. The molecule has 0 aromatic carbocycles. The fourth-order valence-corrected chi connectivity index (χ4v) is 1.70. The molecule has 0 unspecified atom stereocenters. The highest BCUT2D eigenvalue weighted by atomic mass is 16.3. The number of hydrogen-bond donors (Lipinski definition) is 2. The van der Waals surface area contributed by atoms with Crippen LogP contribution in [0.25, 0.3) is 0 Å². The quantitative estimate of drug-likeness (QED) is 0.749. The zero-order valence-corrected chi connectivity index (χ0v) is 11.8. The Morgan fingerprint density at radius 1 is 1.24 bits per heavy atom. The van der Waals surface area contributed by atoms with E-state index in [1.807, 2.05) is 13.0 Å². The maximum Gasteiger partial charge on any atom is 0.111 e. The summed E-state index contributed by atoms with van der Waals surface area (Å²) in [5.74, 6) is 2.01. The summed E-state index contributed by atoms with van der Waals surface area (Å²) < 4.78 is 5.68. The molecular formula is C14H26N2O. The van der Waals surface area contributed by atoms with E-state index < -0.39 is 0 Å². The third-order valence-electron chi connectivity index (χ3n) is 2.92. The normalized spacial score (nSPS) is 13.1. The number of hydrogen-bond acceptors (Lipinski definition) is 3. The van der Waals surface area contributed by atoms with Gasteiger partial charge in [0.25, 0.3) is 0 Å². The Morgan fingerprint density at radius 2 is 1.88 bits per heavy atom. The predicted octanol–water partition coefficient (Wildman–Crippen LogP) is 2.58. The first-order valence-electron chi connectivity index (χ1n) is 6.27. The van der Waals surface area contributed by atoms with E-state index in [-0.39, 0.29) is 11.0 Å². The summed E-state index contributed by atoms with van der Waals surface area (Å²) in [4.78, 5) is 0. The van der Waals surface area contributed by atoms with Crippen molar-refractivity contribution in [1.29, 1.82) is 0 Å². The maximum absolute atomic E-state index is 5.94. The largest absolute Gasteiger partial charge is 0.466 e. The zero-order chi connectivity index (χ0) is 13.1. The van der Waals surface area contributed by atoms with Gasteiger partial charge in [-0.15, -0.1) is 0 Å². The van der Waals surface area contributed by atoms with Crippen LogP contribution in [0.3, 0.4) is 0 Å². The lowest BCUT2D eigenvalue weighted by atomic mass is 9.90. The van der Waals surface area contributed by atoms with Gasteiger partial charge in [-0.05, 0) is 45.9 Å². The Morgan fingerprint density at radius 3 is 2.35 bits per heavy atom. The average Bonchev–Trinajstić information content (AvgIpc) is 2.59. The minimum absolute atomic E-state index is 0.0208. The van der Waals surface area contributed by atoms with Crippen molar-refractivity contribution >= 4 is 0 Å². The van der Waals surface area contributed by atoms with E-state index >= 15 is 0 Å². The molecule has 0 saturated carbocycles. The highest BCUT2D eigenvalue weighted by molar-refractivity contribution is 5.15. The van der Waals surface area contributed by atoms with Gasteiger partial charge in [0.1, 0.15) is 11.5 Å². The zero-order valence-electron chi connectivity index (χ0n) is 11.8. The molecule has 0 aliphatic rings. The molecule has 0 aliphatic heterocycles. The highest BCUT2D eigenvalue weighted by Gasteiger charge is 2.23. The first-order chi connectivity index (χ1) is 7.71. The molecule has 1 aromatic heterocycles. The van der Waals surface area contributed by atoms with Crippen molar-refractivity contribution in [3.05, 3.63) is 23.7 Å². The summed E-state index contributed by atoms with van der Waals surface area (Å²) in [7, 11) is 0. The first-order valence-corrected chi connectivity index (χ1v) is 6.27. The lowest BCUT2D eigenvalue weighted by molar-refractivity contribution is 0.349. The van der Waals surface area contributed by atoms with Gasteiger partial charge in [0.15, 0.2) is 0 Å². The molecule has 3 N–H and O–H groups in total. The second-order valence-electron chi connectivity index (χ2n) is 6.21. The monoisotopic (exact) mass is 238 g/mol. The van der Waals surface area contributed by atoms with Crippen LogP contribution in [0.4, 0.5) is 0 Å². The van der Waals surface area contributed by atoms with Crippen LogP contribution in [0.5, 0.6) is 0 Å². The van der Waals surface area contributed by atoms with E-state index in [9.17, 15) is 0 Å². The molecule has 0 spiro atoms. The smallest absolute Gasteiger partial charge is 0.111 e. The highest BCUT2D eigenvalue weighted by Crippen LogP contribution is 2.24. The molecule has 1 aromatic rings. The second-order valence-corrected chi connectivity index (χ2v) is 6.21. The van der Waals surface area contributed by atoms with Crippen molar-refractivity contribution in [2.24, 2.45) is 5.73 Å². The van der Waals surface area contributed by atoms with Crippen molar-refractivity contribution in [2.75, 3.05) is 13.1 Å². The van der Waals surface area contributed by atoms with Crippen molar-refractivity contribution in [1.82, 2.24) is 5.32 Å². The van der Waals surface area contributed by atoms with E-state index in [0.717, 1.165) is 31.0 Å². The van der Waals surface area contributed by atoms with Crippen molar-refractivity contribution in [2.45, 2.75) is 52.0 Å². The number of aryl methyl sites for hydroxylation is 1. The van der Waals surface area contributed by atoms with Crippen LogP contribution in [0, 0.1) is 6.92 Å². The van der Waals surface area contributed by atoms with Crippen molar-refractivity contribution in [3.8, 4) is 0 Å². The standard InChI is InChI=1S/C14H26N2O/c1-11-6-7-12(17-11)13(2,3)10-16-9-8-14(4,5)15/h6-7,16H,8-10,15H2,1-5H3. The minimum Gasteiger partial charge on any atom is -0.466 e. The number of nitrogens with two attached hydrogens (primary N) is 1. The van der Waals surface area contributed by atoms with Gasteiger partial charge in [-0.3, -0.25) is 0 Å². The first kappa shape index (κ1) is 14.3. The van der Waals surface area contributed by atoms with Gasteiger partial charge < -0.3 is 15.5 Å². The summed E-state index contributed by atoms with van der Waals surface area (Å²) in [6, 6.07) is 4.07. The van der Waals surface area contributed by atoms with E-state index in [4.69, 9.17) is 10.2 Å². The van der Waals surface area contributed by atoms with Crippen LogP contribution >= 0.6 is 0 Å². The minimum atomic E-state index is -0.0988. The fourth-order valence-electron chi connectivity index (χ4n) is 1.70. The Bertz CT molecular complexity index is 347. The maximum atomic E-state index is 5.94. The molecule has 3 heteroatoms. The van der Waals surface area contributed by atoms with E-state index in [2.05, 4.69) is 39.1 Å². The molecule has 0 amide bonds. The van der Waals surface area contributed by atoms with Crippen LogP contribution < -0.4 is 11.1 Å². The third kappa shape index (κ3) is 4.92. The second kappa shape index (κ2) is 5.23. The molecule has 0 saturated heterocycles. The van der Waals surface area contributed by atoms with Gasteiger partial charge in [0, 0.05) is 17.5 Å². The number of furan rings is 1. The van der Waals surface area contributed by atoms with Crippen molar-refractivity contribution < 1.29 is 4.42 Å². The summed E-state index contributed by atoms with van der Waals surface area (Å²) in [5.41, 5.74) is 5.86. The molecule has 1 rings (SSSR count). The molecule has 0 bridgehead atoms. The van der Waals surface area contributed by atoms with Crippen LogP contribution in [0.2, 0.25) is 0 Å². The van der Waals surface area contributed by atoms with Crippen LogP contribution in [0.1, 0.15) is 45.6 Å². The van der Waals surface area contributed by atoms with Gasteiger partial charge in [0.05, 0.1) is 0 Å².